The number of ether oxygens (including phenoxy) is 2. The van der Waals surface area contributed by atoms with Crippen molar-refractivity contribution in [2.24, 2.45) is 0 Å². The standard InChI is InChI=1S/C25H25N5O3/c1-17-4-7-19(8-5-17)20-13-21(15-22(14-20)30-16-27-28-29-30)25(31)26-11-10-18-6-9-23(32-2)24(12-18)33-3/h4-9,12-16H,10-11H2,1-3H3,(H,26,31). The van der Waals surface area contributed by atoms with Crippen LogP contribution in [0.3, 0.4) is 0 Å². The minimum absolute atomic E-state index is 0.168. The molecule has 0 aliphatic heterocycles. The molecular formula is C25H25N5O3. The van der Waals surface area contributed by atoms with Crippen molar-refractivity contribution in [1.29, 1.82) is 0 Å². The number of benzene rings is 3. The van der Waals surface area contributed by atoms with E-state index in [1.54, 1.807) is 20.3 Å². The monoisotopic (exact) mass is 443 g/mol. The van der Waals surface area contributed by atoms with E-state index in [0.717, 1.165) is 16.7 Å². The van der Waals surface area contributed by atoms with Gasteiger partial charge in [0.25, 0.3) is 5.91 Å². The van der Waals surface area contributed by atoms with Gasteiger partial charge in [-0.2, -0.15) is 0 Å². The Morgan fingerprint density at radius 2 is 1.73 bits per heavy atom. The van der Waals surface area contributed by atoms with Crippen LogP contribution in [0.25, 0.3) is 16.8 Å². The number of amides is 1. The molecule has 168 valence electrons. The third-order valence-corrected chi connectivity index (χ3v) is 5.33. The van der Waals surface area contributed by atoms with Crippen molar-refractivity contribution < 1.29 is 14.3 Å². The van der Waals surface area contributed by atoms with Crippen LogP contribution >= 0.6 is 0 Å². The van der Waals surface area contributed by atoms with E-state index in [0.29, 0.717) is 35.7 Å². The molecule has 0 saturated carbocycles. The number of hydrogen-bond donors (Lipinski definition) is 1. The van der Waals surface area contributed by atoms with Gasteiger partial charge < -0.3 is 14.8 Å². The van der Waals surface area contributed by atoms with Gasteiger partial charge in [-0.25, -0.2) is 4.68 Å². The number of methoxy groups -OCH3 is 2. The second-order valence-corrected chi connectivity index (χ2v) is 7.58. The van der Waals surface area contributed by atoms with Crippen LogP contribution in [0.2, 0.25) is 0 Å². The van der Waals surface area contributed by atoms with Gasteiger partial charge in [-0.1, -0.05) is 35.9 Å². The largest absolute Gasteiger partial charge is 0.493 e. The Bertz CT molecular complexity index is 1240. The fourth-order valence-corrected chi connectivity index (χ4v) is 3.53. The molecule has 3 aromatic carbocycles. The van der Waals surface area contributed by atoms with E-state index < -0.39 is 0 Å². The first-order valence-corrected chi connectivity index (χ1v) is 10.5. The first-order chi connectivity index (χ1) is 16.1. The van der Waals surface area contributed by atoms with Crippen LogP contribution in [0.1, 0.15) is 21.5 Å². The molecule has 0 radical (unpaired) electrons. The first kappa shape index (κ1) is 22.0. The summed E-state index contributed by atoms with van der Waals surface area (Å²) in [7, 11) is 3.21. The van der Waals surface area contributed by atoms with Crippen LogP contribution in [-0.2, 0) is 6.42 Å². The maximum atomic E-state index is 13.0. The normalized spacial score (nSPS) is 10.6. The highest BCUT2D eigenvalue weighted by molar-refractivity contribution is 5.96. The van der Waals surface area contributed by atoms with Crippen molar-refractivity contribution in [3.05, 3.63) is 83.7 Å². The second kappa shape index (κ2) is 9.95. The molecule has 1 amide bonds. The number of hydrogen-bond acceptors (Lipinski definition) is 6. The quantitative estimate of drug-likeness (QED) is 0.447. The molecule has 8 heteroatoms. The maximum Gasteiger partial charge on any atom is 0.251 e. The molecule has 0 spiro atoms. The fraction of sp³-hybridized carbons (Fsp3) is 0.200. The lowest BCUT2D eigenvalue weighted by atomic mass is 10.0. The van der Waals surface area contributed by atoms with Gasteiger partial charge in [0.15, 0.2) is 11.5 Å². The number of carbonyl (C=O) groups excluding carboxylic acids is 1. The van der Waals surface area contributed by atoms with Gasteiger partial charge in [0.2, 0.25) is 0 Å². The Morgan fingerprint density at radius 3 is 2.42 bits per heavy atom. The molecule has 0 aliphatic rings. The summed E-state index contributed by atoms with van der Waals surface area (Å²) in [5.41, 5.74) is 5.37. The molecule has 1 aromatic heterocycles. The molecule has 0 aliphatic carbocycles. The zero-order valence-electron chi connectivity index (χ0n) is 18.8. The summed E-state index contributed by atoms with van der Waals surface area (Å²) < 4.78 is 12.2. The molecule has 1 heterocycles. The van der Waals surface area contributed by atoms with Crippen molar-refractivity contribution in [1.82, 2.24) is 25.5 Å². The Hall–Kier alpha value is -4.20. The van der Waals surface area contributed by atoms with Gasteiger partial charge in [0, 0.05) is 12.1 Å². The zero-order valence-corrected chi connectivity index (χ0v) is 18.8. The molecule has 0 bridgehead atoms. The number of aromatic nitrogens is 4. The van der Waals surface area contributed by atoms with Crippen molar-refractivity contribution in [3.8, 4) is 28.3 Å². The smallest absolute Gasteiger partial charge is 0.251 e. The number of rotatable bonds is 8. The lowest BCUT2D eigenvalue weighted by Gasteiger charge is -2.12. The van der Waals surface area contributed by atoms with E-state index in [1.807, 2.05) is 61.5 Å². The van der Waals surface area contributed by atoms with Gasteiger partial charge in [-0.3, -0.25) is 4.79 Å². The van der Waals surface area contributed by atoms with Crippen LogP contribution < -0.4 is 14.8 Å². The summed E-state index contributed by atoms with van der Waals surface area (Å²) in [6, 6.07) is 19.5. The number of nitrogens with one attached hydrogen (secondary N) is 1. The Kier molecular flexibility index (Phi) is 6.64. The molecule has 4 aromatic rings. The fourth-order valence-electron chi connectivity index (χ4n) is 3.53. The highest BCUT2D eigenvalue weighted by Crippen LogP contribution is 2.28. The second-order valence-electron chi connectivity index (χ2n) is 7.58. The number of carbonyl (C=O) groups is 1. The number of aryl methyl sites for hydroxylation is 1. The van der Waals surface area contributed by atoms with Gasteiger partial charge in [0.05, 0.1) is 19.9 Å². The highest BCUT2D eigenvalue weighted by atomic mass is 16.5. The molecule has 4 rings (SSSR count). The summed E-state index contributed by atoms with van der Waals surface area (Å²) in [5.74, 6) is 1.17. The first-order valence-electron chi connectivity index (χ1n) is 10.5. The third kappa shape index (κ3) is 5.17. The van der Waals surface area contributed by atoms with E-state index in [1.165, 1.54) is 16.6 Å². The SMILES string of the molecule is COc1ccc(CCNC(=O)c2cc(-c3ccc(C)cc3)cc(-n3cnnn3)c2)cc1OC. The van der Waals surface area contributed by atoms with Crippen LogP contribution in [-0.4, -0.2) is 46.9 Å². The average molecular weight is 444 g/mol. The van der Waals surface area contributed by atoms with E-state index >= 15 is 0 Å². The van der Waals surface area contributed by atoms with Gasteiger partial charge in [0.1, 0.15) is 6.33 Å². The summed E-state index contributed by atoms with van der Waals surface area (Å²) in [5, 5.41) is 14.4. The number of nitrogens with zero attached hydrogens (tertiary/aromatic N) is 4. The van der Waals surface area contributed by atoms with E-state index in [9.17, 15) is 4.79 Å². The van der Waals surface area contributed by atoms with E-state index in [4.69, 9.17) is 9.47 Å². The van der Waals surface area contributed by atoms with Crippen molar-refractivity contribution in [3.63, 3.8) is 0 Å². The molecule has 0 unspecified atom stereocenters. The summed E-state index contributed by atoms with van der Waals surface area (Å²) in [6.45, 7) is 2.52. The average Bonchev–Trinajstić information content (AvgIpc) is 3.39. The predicted octanol–water partition coefficient (Wildman–Crippen LogP) is 3.63. The van der Waals surface area contributed by atoms with Gasteiger partial charge in [-0.15, -0.1) is 5.10 Å². The van der Waals surface area contributed by atoms with E-state index in [-0.39, 0.29) is 5.91 Å². The van der Waals surface area contributed by atoms with Gasteiger partial charge >= 0.3 is 0 Å². The topological polar surface area (TPSA) is 91.2 Å². The summed E-state index contributed by atoms with van der Waals surface area (Å²) in [6.07, 6.45) is 2.16. The molecular weight excluding hydrogens is 418 g/mol. The predicted molar refractivity (Wildman–Crippen MR) is 125 cm³/mol. The molecule has 8 nitrogen and oxygen atoms in total. The van der Waals surface area contributed by atoms with Crippen molar-refractivity contribution in [2.75, 3.05) is 20.8 Å². The van der Waals surface area contributed by atoms with Crippen LogP contribution in [0.15, 0.2) is 67.0 Å². The molecule has 0 atom stereocenters. The highest BCUT2D eigenvalue weighted by Gasteiger charge is 2.12. The lowest BCUT2D eigenvalue weighted by Crippen LogP contribution is -2.26. The minimum Gasteiger partial charge on any atom is -0.493 e. The van der Waals surface area contributed by atoms with Crippen LogP contribution in [0.5, 0.6) is 11.5 Å². The molecule has 33 heavy (non-hydrogen) atoms. The zero-order chi connectivity index (χ0) is 23.2. The van der Waals surface area contributed by atoms with Crippen molar-refractivity contribution >= 4 is 5.91 Å². The molecule has 0 saturated heterocycles. The number of tetrazole rings is 1. The Labute approximate surface area is 192 Å². The Balaban J connectivity index is 1.53. The third-order valence-electron chi connectivity index (χ3n) is 5.33. The maximum absolute atomic E-state index is 13.0. The van der Waals surface area contributed by atoms with Crippen LogP contribution in [0, 0.1) is 6.92 Å². The molecule has 0 fully saturated rings. The van der Waals surface area contributed by atoms with Crippen molar-refractivity contribution in [2.45, 2.75) is 13.3 Å². The van der Waals surface area contributed by atoms with Gasteiger partial charge in [-0.05, 0) is 70.8 Å². The summed E-state index contributed by atoms with van der Waals surface area (Å²) in [4.78, 5) is 13.0. The minimum atomic E-state index is -0.168. The Morgan fingerprint density at radius 1 is 0.939 bits per heavy atom. The van der Waals surface area contributed by atoms with E-state index in [2.05, 4.69) is 20.8 Å². The molecule has 1 N–H and O–H groups in total. The van der Waals surface area contributed by atoms with Crippen LogP contribution in [0.4, 0.5) is 0 Å². The summed E-state index contributed by atoms with van der Waals surface area (Å²) >= 11 is 0. The lowest BCUT2D eigenvalue weighted by molar-refractivity contribution is 0.0954.